The molecule has 1 aliphatic rings. The molecule has 3 rings (SSSR count). The molecule has 1 heterocycles. The van der Waals surface area contributed by atoms with Gasteiger partial charge in [-0.1, -0.05) is 24.3 Å². The van der Waals surface area contributed by atoms with Gasteiger partial charge in [0.15, 0.2) is 0 Å². The van der Waals surface area contributed by atoms with Gasteiger partial charge in [-0.05, 0) is 43.2 Å². The zero-order valence-corrected chi connectivity index (χ0v) is 18.0. The number of benzene rings is 2. The van der Waals surface area contributed by atoms with E-state index in [1.165, 1.54) is 4.90 Å². The number of Topliss-reactive ketones (excluding diaryl/α,β-unsaturated/α-hetero) is 1. The molecule has 0 radical (unpaired) electrons. The fourth-order valence-electron chi connectivity index (χ4n) is 3.70. The van der Waals surface area contributed by atoms with Crippen LogP contribution in [0.25, 0.3) is 5.76 Å². The second kappa shape index (κ2) is 10.1. The van der Waals surface area contributed by atoms with Crippen LogP contribution in [0.5, 0.6) is 11.5 Å². The van der Waals surface area contributed by atoms with Gasteiger partial charge in [-0.15, -0.1) is 0 Å². The summed E-state index contributed by atoms with van der Waals surface area (Å²) in [5, 5.41) is 11.1. The largest absolute Gasteiger partial charge is 0.507 e. The Morgan fingerprint density at radius 2 is 1.81 bits per heavy atom. The van der Waals surface area contributed by atoms with Crippen molar-refractivity contribution in [1.29, 1.82) is 0 Å². The van der Waals surface area contributed by atoms with E-state index in [1.54, 1.807) is 56.7 Å². The summed E-state index contributed by atoms with van der Waals surface area (Å²) in [4.78, 5) is 27.4. The minimum absolute atomic E-state index is 0.0457. The number of hydrogen-bond donors (Lipinski definition) is 1. The molecule has 0 bridgehead atoms. The minimum atomic E-state index is -0.734. The lowest BCUT2D eigenvalue weighted by Gasteiger charge is -2.25. The monoisotopic (exact) mass is 425 g/mol. The van der Waals surface area contributed by atoms with Crippen LogP contribution in [-0.4, -0.2) is 55.7 Å². The van der Waals surface area contributed by atoms with Crippen LogP contribution in [0.2, 0.25) is 0 Å². The van der Waals surface area contributed by atoms with Gasteiger partial charge in [0.1, 0.15) is 17.3 Å². The molecule has 1 atom stereocenters. The SMILES string of the molecule is CCOc1cccc(/C(O)=C2/C(=O)C(=O)N(CCCOC)C2c2cccc(OC)c2)c1. The molecular formula is C24H27NO6. The highest BCUT2D eigenvalue weighted by Crippen LogP contribution is 2.40. The number of aliphatic hydroxyl groups is 1. The normalized spacial score (nSPS) is 17.8. The molecule has 2 aromatic rings. The zero-order chi connectivity index (χ0) is 22.4. The molecule has 164 valence electrons. The molecule has 31 heavy (non-hydrogen) atoms. The lowest BCUT2D eigenvalue weighted by atomic mass is 9.95. The van der Waals surface area contributed by atoms with Gasteiger partial charge in [0.05, 0.1) is 25.3 Å². The molecule has 1 amide bonds. The Labute approximate surface area is 181 Å². The van der Waals surface area contributed by atoms with Gasteiger partial charge >= 0.3 is 0 Å². The number of hydrogen-bond acceptors (Lipinski definition) is 6. The number of rotatable bonds is 9. The first-order valence-corrected chi connectivity index (χ1v) is 10.2. The van der Waals surface area contributed by atoms with Crippen molar-refractivity contribution in [2.75, 3.05) is 34.0 Å². The third-order valence-electron chi connectivity index (χ3n) is 5.12. The molecule has 7 heteroatoms. The van der Waals surface area contributed by atoms with Crippen molar-refractivity contribution < 1.29 is 28.9 Å². The van der Waals surface area contributed by atoms with Crippen molar-refractivity contribution in [1.82, 2.24) is 4.90 Å². The molecular weight excluding hydrogens is 398 g/mol. The summed E-state index contributed by atoms with van der Waals surface area (Å²) >= 11 is 0. The second-order valence-corrected chi connectivity index (χ2v) is 7.08. The highest BCUT2D eigenvalue weighted by atomic mass is 16.5. The molecule has 1 aliphatic heterocycles. The number of methoxy groups -OCH3 is 2. The number of carbonyl (C=O) groups excluding carboxylic acids is 2. The first-order chi connectivity index (χ1) is 15.0. The van der Waals surface area contributed by atoms with Gasteiger partial charge in [-0.2, -0.15) is 0 Å². The number of likely N-dealkylation sites (tertiary alicyclic amines) is 1. The molecule has 1 fully saturated rings. The Morgan fingerprint density at radius 1 is 1.06 bits per heavy atom. The van der Waals surface area contributed by atoms with Gasteiger partial charge in [0.25, 0.3) is 11.7 Å². The van der Waals surface area contributed by atoms with Crippen LogP contribution in [0.15, 0.2) is 54.1 Å². The Bertz CT molecular complexity index is 984. The highest BCUT2D eigenvalue weighted by Gasteiger charge is 2.45. The molecule has 7 nitrogen and oxygen atoms in total. The molecule has 1 N–H and O–H groups in total. The molecule has 2 aromatic carbocycles. The average molecular weight is 425 g/mol. The van der Waals surface area contributed by atoms with Crippen LogP contribution in [0, 0.1) is 0 Å². The summed E-state index contributed by atoms with van der Waals surface area (Å²) < 4.78 is 15.9. The molecule has 0 aromatic heterocycles. The Hall–Kier alpha value is -3.32. The van der Waals surface area contributed by atoms with E-state index in [-0.39, 0.29) is 11.3 Å². The summed E-state index contributed by atoms with van der Waals surface area (Å²) in [6.45, 7) is 3.10. The predicted octanol–water partition coefficient (Wildman–Crippen LogP) is 3.55. The maximum absolute atomic E-state index is 13.0. The predicted molar refractivity (Wildman–Crippen MR) is 116 cm³/mol. The van der Waals surface area contributed by atoms with Crippen molar-refractivity contribution in [3.8, 4) is 11.5 Å². The fourth-order valence-corrected chi connectivity index (χ4v) is 3.70. The second-order valence-electron chi connectivity index (χ2n) is 7.08. The van der Waals surface area contributed by atoms with Crippen LogP contribution in [-0.2, 0) is 14.3 Å². The smallest absolute Gasteiger partial charge is 0.295 e. The quantitative estimate of drug-likeness (QED) is 0.286. The Kier molecular flexibility index (Phi) is 7.31. The maximum Gasteiger partial charge on any atom is 0.295 e. The fraction of sp³-hybridized carbons (Fsp3) is 0.333. The summed E-state index contributed by atoms with van der Waals surface area (Å²) in [5.41, 5.74) is 1.14. The van der Waals surface area contributed by atoms with E-state index in [0.29, 0.717) is 48.8 Å². The number of nitrogens with zero attached hydrogens (tertiary/aromatic N) is 1. The van der Waals surface area contributed by atoms with E-state index in [0.717, 1.165) is 0 Å². The van der Waals surface area contributed by atoms with Gasteiger partial charge in [0.2, 0.25) is 0 Å². The summed E-state index contributed by atoms with van der Waals surface area (Å²) in [5.74, 6) is -0.435. The van der Waals surface area contributed by atoms with Gasteiger partial charge in [-0.3, -0.25) is 9.59 Å². The molecule has 1 saturated heterocycles. The third-order valence-corrected chi connectivity index (χ3v) is 5.12. The van der Waals surface area contributed by atoms with Gasteiger partial charge in [0, 0.05) is 25.8 Å². The van der Waals surface area contributed by atoms with E-state index in [1.807, 2.05) is 13.0 Å². The van der Waals surface area contributed by atoms with Crippen LogP contribution < -0.4 is 9.47 Å². The van der Waals surface area contributed by atoms with E-state index in [2.05, 4.69) is 0 Å². The van der Waals surface area contributed by atoms with E-state index < -0.39 is 17.7 Å². The van der Waals surface area contributed by atoms with Crippen molar-refractivity contribution in [3.05, 3.63) is 65.2 Å². The van der Waals surface area contributed by atoms with Crippen LogP contribution >= 0.6 is 0 Å². The average Bonchev–Trinajstić information content (AvgIpc) is 3.04. The van der Waals surface area contributed by atoms with Gasteiger partial charge < -0.3 is 24.2 Å². The van der Waals surface area contributed by atoms with Crippen LogP contribution in [0.1, 0.15) is 30.5 Å². The first kappa shape index (κ1) is 22.4. The lowest BCUT2D eigenvalue weighted by molar-refractivity contribution is -0.140. The summed E-state index contributed by atoms with van der Waals surface area (Å²) in [6.07, 6.45) is 0.559. The summed E-state index contributed by atoms with van der Waals surface area (Å²) in [6, 6.07) is 13.3. The highest BCUT2D eigenvalue weighted by molar-refractivity contribution is 6.46. The molecule has 1 unspecified atom stereocenters. The van der Waals surface area contributed by atoms with E-state index in [4.69, 9.17) is 14.2 Å². The van der Waals surface area contributed by atoms with Crippen LogP contribution in [0.3, 0.4) is 0 Å². The number of carbonyl (C=O) groups is 2. The van der Waals surface area contributed by atoms with Gasteiger partial charge in [-0.25, -0.2) is 0 Å². The van der Waals surface area contributed by atoms with E-state index >= 15 is 0 Å². The number of aliphatic hydroxyl groups excluding tert-OH is 1. The zero-order valence-electron chi connectivity index (χ0n) is 18.0. The molecule has 0 aliphatic carbocycles. The van der Waals surface area contributed by atoms with Crippen molar-refractivity contribution in [2.45, 2.75) is 19.4 Å². The van der Waals surface area contributed by atoms with E-state index in [9.17, 15) is 14.7 Å². The maximum atomic E-state index is 13.0. The summed E-state index contributed by atoms with van der Waals surface area (Å²) in [7, 11) is 3.13. The standard InChI is InChI=1S/C24H27NO6/c1-4-31-19-11-6-9-17(15-19)22(26)20-21(16-8-5-10-18(14-16)30-3)25(12-7-13-29-2)24(28)23(20)27/h5-6,8-11,14-15,21,26H,4,7,12-13H2,1-3H3/b22-20-. The van der Waals surface area contributed by atoms with Crippen molar-refractivity contribution in [3.63, 3.8) is 0 Å². The van der Waals surface area contributed by atoms with Crippen LogP contribution in [0.4, 0.5) is 0 Å². The Morgan fingerprint density at radius 3 is 2.52 bits per heavy atom. The molecule has 0 spiro atoms. The third kappa shape index (κ3) is 4.72. The number of amides is 1. The lowest BCUT2D eigenvalue weighted by Crippen LogP contribution is -2.31. The minimum Gasteiger partial charge on any atom is -0.507 e. The number of ether oxygens (including phenoxy) is 3. The van der Waals surface area contributed by atoms with Crippen molar-refractivity contribution in [2.24, 2.45) is 0 Å². The topological polar surface area (TPSA) is 85.3 Å². The van der Waals surface area contributed by atoms with Crippen molar-refractivity contribution >= 4 is 17.4 Å². The number of ketones is 1. The first-order valence-electron chi connectivity index (χ1n) is 10.2. The molecule has 0 saturated carbocycles. The Balaban J connectivity index is 2.12.